The number of nitrogens with zero attached hydrogens (tertiary/aromatic N) is 7. The highest BCUT2D eigenvalue weighted by Crippen LogP contribution is 2.37. The third-order valence-electron chi connectivity index (χ3n) is 7.58. The van der Waals surface area contributed by atoms with Gasteiger partial charge in [0.1, 0.15) is 5.82 Å². The van der Waals surface area contributed by atoms with E-state index in [0.29, 0.717) is 36.6 Å². The highest BCUT2D eigenvalue weighted by Gasteiger charge is 2.36. The number of carbonyl (C=O) groups excluding carboxylic acids is 1. The minimum absolute atomic E-state index is 0.0306. The minimum Gasteiger partial charge on any atom is -0.379 e. The van der Waals surface area contributed by atoms with Gasteiger partial charge in [0.15, 0.2) is 5.82 Å². The van der Waals surface area contributed by atoms with Gasteiger partial charge in [0.25, 0.3) is 11.5 Å². The second kappa shape index (κ2) is 11.7. The van der Waals surface area contributed by atoms with Crippen molar-refractivity contribution in [2.75, 3.05) is 18.4 Å². The van der Waals surface area contributed by atoms with Crippen molar-refractivity contribution in [1.29, 1.82) is 0 Å². The molecule has 1 fully saturated rings. The maximum Gasteiger partial charge on any atom is 0.416 e. The van der Waals surface area contributed by atoms with E-state index in [2.05, 4.69) is 25.8 Å². The highest BCUT2D eigenvalue weighted by molar-refractivity contribution is 5.94. The molecule has 4 aromatic rings. The standard InChI is InChI=1S/C29H33F3N8O3/c1-16-14-39(15-17(2)43-16)27(41)20-6-8-21(9-7-20)33-18(3)22-12-23-25(13-24(22)29(30,31)32)34-19(4)40(28(23)42)11-10-26-35-36-37-38(26)5/h6-9,12-13,16-18,33H,10-11,14-15H2,1-5H3/t16-,17+,18-/m0/s1. The number of nitrogens with one attached hydrogen (secondary N) is 1. The molecule has 0 aliphatic carbocycles. The van der Waals surface area contributed by atoms with Crippen molar-refractivity contribution in [1.82, 2.24) is 34.7 Å². The van der Waals surface area contributed by atoms with Crippen LogP contribution in [0.3, 0.4) is 0 Å². The number of fused-ring (bicyclic) bond motifs is 1. The van der Waals surface area contributed by atoms with Crippen LogP contribution in [0.1, 0.15) is 59.9 Å². The van der Waals surface area contributed by atoms with Crippen LogP contribution in [0, 0.1) is 6.92 Å². The lowest BCUT2D eigenvalue weighted by atomic mass is 9.98. The number of hydrogen-bond acceptors (Lipinski definition) is 8. The van der Waals surface area contributed by atoms with Crippen molar-refractivity contribution in [3.05, 3.63) is 75.1 Å². The van der Waals surface area contributed by atoms with Crippen LogP contribution in [0.2, 0.25) is 0 Å². The summed E-state index contributed by atoms with van der Waals surface area (Å²) in [6.45, 7) is 8.17. The van der Waals surface area contributed by atoms with Crippen molar-refractivity contribution in [3.63, 3.8) is 0 Å². The van der Waals surface area contributed by atoms with Gasteiger partial charge in [-0.3, -0.25) is 14.2 Å². The fourth-order valence-corrected chi connectivity index (χ4v) is 5.50. The lowest BCUT2D eigenvalue weighted by Gasteiger charge is -2.35. The molecule has 0 unspecified atom stereocenters. The van der Waals surface area contributed by atoms with Crippen molar-refractivity contribution >= 4 is 22.5 Å². The lowest BCUT2D eigenvalue weighted by Crippen LogP contribution is -2.48. The SMILES string of the molecule is Cc1nc2cc(C(F)(F)F)c([C@H](C)Nc3ccc(C(=O)N4C[C@@H](C)O[C@@H](C)C4)cc3)cc2c(=O)n1CCc1nnnn1C. The Kier molecular flexibility index (Phi) is 8.23. The van der Waals surface area contributed by atoms with Gasteiger partial charge in [0, 0.05) is 50.4 Å². The number of carbonyl (C=O) groups is 1. The minimum atomic E-state index is -4.68. The number of hydrogen-bond donors (Lipinski definition) is 1. The summed E-state index contributed by atoms with van der Waals surface area (Å²) in [5.41, 5.74) is -0.454. The molecule has 1 N–H and O–H groups in total. The van der Waals surface area contributed by atoms with Gasteiger partial charge in [-0.2, -0.15) is 13.2 Å². The number of aryl methyl sites for hydroxylation is 3. The molecule has 0 spiro atoms. The molecule has 3 atom stereocenters. The molecule has 1 amide bonds. The van der Waals surface area contributed by atoms with E-state index in [1.807, 2.05) is 13.8 Å². The first-order chi connectivity index (χ1) is 20.3. The third-order valence-corrected chi connectivity index (χ3v) is 7.58. The molecule has 5 rings (SSSR count). The summed E-state index contributed by atoms with van der Waals surface area (Å²) >= 11 is 0. The number of benzene rings is 2. The van der Waals surface area contributed by atoms with Crippen LogP contribution in [0.5, 0.6) is 0 Å². The number of halogens is 3. The molecular weight excluding hydrogens is 565 g/mol. The highest BCUT2D eigenvalue weighted by atomic mass is 19.4. The third kappa shape index (κ3) is 6.38. The number of anilines is 1. The average Bonchev–Trinajstić information content (AvgIpc) is 3.35. The summed E-state index contributed by atoms with van der Waals surface area (Å²) in [4.78, 5) is 32.6. The molecule has 3 heterocycles. The molecule has 1 aliphatic heterocycles. The van der Waals surface area contributed by atoms with Gasteiger partial charge in [0.05, 0.1) is 28.7 Å². The van der Waals surface area contributed by atoms with E-state index in [0.717, 1.165) is 6.07 Å². The van der Waals surface area contributed by atoms with E-state index in [-0.39, 0.29) is 47.0 Å². The Morgan fingerprint density at radius 2 is 1.81 bits per heavy atom. The lowest BCUT2D eigenvalue weighted by molar-refractivity contribution is -0.138. The molecule has 0 radical (unpaired) electrons. The molecule has 11 nitrogen and oxygen atoms in total. The van der Waals surface area contributed by atoms with E-state index < -0.39 is 23.3 Å². The molecule has 2 aromatic heterocycles. The smallest absolute Gasteiger partial charge is 0.379 e. The van der Waals surface area contributed by atoms with Crippen LogP contribution in [0.15, 0.2) is 41.2 Å². The van der Waals surface area contributed by atoms with Gasteiger partial charge in [-0.25, -0.2) is 9.67 Å². The van der Waals surface area contributed by atoms with Crippen LogP contribution in [0.4, 0.5) is 18.9 Å². The van der Waals surface area contributed by atoms with E-state index >= 15 is 0 Å². The zero-order valence-electron chi connectivity index (χ0n) is 24.5. The first-order valence-corrected chi connectivity index (χ1v) is 14.0. The maximum atomic E-state index is 14.2. The molecule has 14 heteroatoms. The number of rotatable bonds is 7. The van der Waals surface area contributed by atoms with E-state index in [1.165, 1.54) is 15.3 Å². The maximum absolute atomic E-state index is 14.2. The molecule has 0 bridgehead atoms. The number of aromatic nitrogens is 6. The van der Waals surface area contributed by atoms with Crippen LogP contribution < -0.4 is 10.9 Å². The largest absolute Gasteiger partial charge is 0.416 e. The molecule has 0 saturated carbocycles. The summed E-state index contributed by atoms with van der Waals surface area (Å²) in [6, 6.07) is 7.97. The Labute approximate surface area is 245 Å². The first-order valence-electron chi connectivity index (χ1n) is 14.0. The molecular formula is C29H33F3N8O3. The number of alkyl halides is 3. The summed E-state index contributed by atoms with van der Waals surface area (Å²) < 4.78 is 51.3. The second-order valence-corrected chi connectivity index (χ2v) is 10.9. The van der Waals surface area contributed by atoms with Gasteiger partial charge in [0.2, 0.25) is 0 Å². The van der Waals surface area contributed by atoms with Crippen LogP contribution in [-0.2, 0) is 30.9 Å². The first kappa shape index (κ1) is 30.1. The van der Waals surface area contributed by atoms with Gasteiger partial charge < -0.3 is 15.0 Å². The van der Waals surface area contributed by atoms with E-state index in [9.17, 15) is 22.8 Å². The molecule has 228 valence electrons. The number of tetrazole rings is 1. The zero-order chi connectivity index (χ0) is 31.1. The Balaban J connectivity index is 1.42. The van der Waals surface area contributed by atoms with Crippen molar-refractivity contribution < 1.29 is 22.7 Å². The topological polar surface area (TPSA) is 120 Å². The van der Waals surface area contributed by atoms with Gasteiger partial charge in [-0.05, 0) is 80.1 Å². The predicted molar refractivity (Wildman–Crippen MR) is 153 cm³/mol. The average molecular weight is 599 g/mol. The summed E-state index contributed by atoms with van der Waals surface area (Å²) in [5, 5.41) is 14.5. The van der Waals surface area contributed by atoms with Crippen molar-refractivity contribution in [2.45, 2.75) is 65.1 Å². The quantitative estimate of drug-likeness (QED) is 0.340. The Bertz CT molecular complexity index is 1690. The second-order valence-electron chi connectivity index (χ2n) is 10.9. The van der Waals surface area contributed by atoms with E-state index in [4.69, 9.17) is 4.74 Å². The monoisotopic (exact) mass is 598 g/mol. The molecule has 1 saturated heterocycles. The fraction of sp³-hybridized carbons (Fsp3) is 0.448. The number of morpholine rings is 1. The Morgan fingerprint density at radius 1 is 1.14 bits per heavy atom. The Morgan fingerprint density at radius 3 is 2.42 bits per heavy atom. The number of amides is 1. The molecule has 43 heavy (non-hydrogen) atoms. The molecule has 1 aliphatic rings. The van der Waals surface area contributed by atoms with Crippen LogP contribution in [0.25, 0.3) is 10.9 Å². The van der Waals surface area contributed by atoms with Crippen molar-refractivity contribution in [2.24, 2.45) is 7.05 Å². The van der Waals surface area contributed by atoms with Gasteiger partial charge in [-0.1, -0.05) is 0 Å². The fourth-order valence-electron chi connectivity index (χ4n) is 5.50. The predicted octanol–water partition coefficient (Wildman–Crippen LogP) is 3.91. The van der Waals surface area contributed by atoms with Gasteiger partial charge in [-0.15, -0.1) is 5.10 Å². The summed E-state index contributed by atoms with van der Waals surface area (Å²) in [5.74, 6) is 0.708. The zero-order valence-corrected chi connectivity index (χ0v) is 24.5. The van der Waals surface area contributed by atoms with Gasteiger partial charge >= 0.3 is 6.18 Å². The Hall–Kier alpha value is -4.33. The van der Waals surface area contributed by atoms with Crippen LogP contribution in [-0.4, -0.2) is 65.9 Å². The van der Waals surface area contributed by atoms with Crippen LogP contribution >= 0.6 is 0 Å². The summed E-state index contributed by atoms with van der Waals surface area (Å²) in [6.07, 6.45) is -4.48. The normalized spacial score (nSPS) is 18.2. The molecule has 2 aromatic carbocycles. The number of ether oxygens (including phenoxy) is 1. The van der Waals surface area contributed by atoms with Crippen molar-refractivity contribution in [3.8, 4) is 0 Å². The summed E-state index contributed by atoms with van der Waals surface area (Å²) in [7, 11) is 1.68. The van der Waals surface area contributed by atoms with E-state index in [1.54, 1.807) is 50.1 Å².